The molecule has 1 aliphatic heterocycles. The molecule has 2 aromatic rings. The number of ether oxygens (including phenoxy) is 4. The monoisotopic (exact) mass is 384 g/mol. The Morgan fingerprint density at radius 3 is 2.41 bits per heavy atom. The van der Waals surface area contributed by atoms with E-state index in [-0.39, 0.29) is 22.8 Å². The maximum absolute atomic E-state index is 11.7. The molecule has 0 unspecified atom stereocenters. The van der Waals surface area contributed by atoms with Gasteiger partial charge in [0.2, 0.25) is 17.8 Å². The fraction of sp³-hybridized carbons (Fsp3) is 0.471. The minimum Gasteiger partial charge on any atom is -0.493 e. The minimum absolute atomic E-state index is 0.0112. The predicted octanol–water partition coefficient (Wildman–Crippen LogP) is -1.01. The highest BCUT2D eigenvalue weighted by molar-refractivity contribution is 5.88. The van der Waals surface area contributed by atoms with Crippen molar-refractivity contribution in [1.82, 2.24) is 0 Å². The normalized spacial score (nSPS) is 28.1. The van der Waals surface area contributed by atoms with Gasteiger partial charge in [0, 0.05) is 11.5 Å². The smallest absolute Gasteiger partial charge is 0.336 e. The molecule has 1 saturated heterocycles. The summed E-state index contributed by atoms with van der Waals surface area (Å²) in [5, 5.41) is 39.8. The first-order valence-electron chi connectivity index (χ1n) is 8.07. The van der Waals surface area contributed by atoms with Gasteiger partial charge in [-0.1, -0.05) is 0 Å². The van der Waals surface area contributed by atoms with Gasteiger partial charge in [0.05, 0.1) is 20.8 Å². The zero-order valence-electron chi connectivity index (χ0n) is 14.6. The largest absolute Gasteiger partial charge is 0.493 e. The van der Waals surface area contributed by atoms with E-state index in [2.05, 4.69) is 0 Å². The number of benzene rings is 1. The molecular formula is C17H20O10. The molecule has 0 amide bonds. The lowest BCUT2D eigenvalue weighted by Crippen LogP contribution is -2.60. The number of aliphatic hydroxyl groups is 4. The maximum Gasteiger partial charge on any atom is 0.336 e. The summed E-state index contributed by atoms with van der Waals surface area (Å²) in [6, 6.07) is 4.27. The van der Waals surface area contributed by atoms with Crippen LogP contribution in [0.1, 0.15) is 0 Å². The molecule has 3 rings (SSSR count). The van der Waals surface area contributed by atoms with Crippen LogP contribution in [0.2, 0.25) is 0 Å². The van der Waals surface area contributed by atoms with Crippen LogP contribution in [0, 0.1) is 0 Å². The average Bonchev–Trinajstić information content (AvgIpc) is 2.67. The van der Waals surface area contributed by atoms with Crippen molar-refractivity contribution in [2.45, 2.75) is 30.7 Å². The highest BCUT2D eigenvalue weighted by Crippen LogP contribution is 2.44. The SMILES string of the molecule is COc1cc2ccc(=O)oc2c(O[C@H]2O[C@H](CO)[C@@H](O)[C@H](O)[C@H]2O)c1OC. The fourth-order valence-corrected chi connectivity index (χ4v) is 2.87. The van der Waals surface area contributed by atoms with E-state index >= 15 is 0 Å². The number of fused-ring (bicyclic) bond motifs is 1. The molecule has 148 valence electrons. The van der Waals surface area contributed by atoms with Crippen LogP contribution >= 0.6 is 0 Å². The van der Waals surface area contributed by atoms with E-state index < -0.39 is 42.9 Å². The topological polar surface area (TPSA) is 148 Å². The van der Waals surface area contributed by atoms with Crippen LogP contribution in [-0.2, 0) is 4.74 Å². The second-order valence-electron chi connectivity index (χ2n) is 5.93. The molecule has 1 aromatic heterocycles. The first-order valence-corrected chi connectivity index (χ1v) is 8.07. The third kappa shape index (κ3) is 3.45. The molecule has 0 spiro atoms. The Morgan fingerprint density at radius 2 is 1.78 bits per heavy atom. The molecule has 1 aromatic carbocycles. The van der Waals surface area contributed by atoms with Crippen LogP contribution < -0.4 is 19.8 Å². The molecule has 10 heteroatoms. The maximum atomic E-state index is 11.7. The van der Waals surface area contributed by atoms with E-state index in [0.29, 0.717) is 5.39 Å². The minimum atomic E-state index is -1.65. The summed E-state index contributed by atoms with van der Waals surface area (Å²) < 4.78 is 26.7. The van der Waals surface area contributed by atoms with Crippen LogP contribution in [0.4, 0.5) is 0 Å². The fourth-order valence-electron chi connectivity index (χ4n) is 2.87. The van der Waals surface area contributed by atoms with Gasteiger partial charge in [-0.25, -0.2) is 4.79 Å². The number of rotatable bonds is 5. The van der Waals surface area contributed by atoms with Gasteiger partial charge in [-0.05, 0) is 12.1 Å². The Labute approximate surface area is 153 Å². The van der Waals surface area contributed by atoms with Gasteiger partial charge in [-0.15, -0.1) is 0 Å². The predicted molar refractivity (Wildman–Crippen MR) is 90.0 cm³/mol. The Kier molecular flexibility index (Phi) is 5.53. The Bertz CT molecular complexity index is 861. The average molecular weight is 384 g/mol. The number of methoxy groups -OCH3 is 2. The van der Waals surface area contributed by atoms with Crippen LogP contribution in [0.25, 0.3) is 11.0 Å². The third-order valence-corrected chi connectivity index (χ3v) is 4.29. The first kappa shape index (κ1) is 19.4. The van der Waals surface area contributed by atoms with Gasteiger partial charge in [0.1, 0.15) is 24.4 Å². The van der Waals surface area contributed by atoms with Gasteiger partial charge < -0.3 is 43.8 Å². The van der Waals surface area contributed by atoms with E-state index in [0.717, 1.165) is 0 Å². The van der Waals surface area contributed by atoms with Crippen molar-refractivity contribution < 1.29 is 43.8 Å². The first-order chi connectivity index (χ1) is 12.9. The summed E-state index contributed by atoms with van der Waals surface area (Å²) in [5.74, 6) is 0.226. The summed E-state index contributed by atoms with van der Waals surface area (Å²) in [5.41, 5.74) is -0.634. The van der Waals surface area contributed by atoms with Gasteiger partial charge in [-0.2, -0.15) is 0 Å². The highest BCUT2D eigenvalue weighted by atomic mass is 16.7. The van der Waals surface area contributed by atoms with Gasteiger partial charge >= 0.3 is 5.63 Å². The number of aliphatic hydroxyl groups excluding tert-OH is 4. The summed E-state index contributed by atoms with van der Waals surface area (Å²) in [6.45, 7) is -0.615. The number of hydrogen-bond donors (Lipinski definition) is 4. The van der Waals surface area contributed by atoms with Crippen molar-refractivity contribution in [2.24, 2.45) is 0 Å². The van der Waals surface area contributed by atoms with Crippen molar-refractivity contribution in [3.63, 3.8) is 0 Å². The standard InChI is InChI=1S/C17H20O10/c1-23-8-5-7-3-4-10(19)26-14(7)16(15(8)24-2)27-17-13(22)12(21)11(20)9(6-18)25-17/h3-5,9,11-13,17-18,20-22H,6H2,1-2H3/t9-,11-,12+,13-,17-/m1/s1. The molecule has 2 heterocycles. The lowest BCUT2D eigenvalue weighted by Gasteiger charge is -2.39. The quantitative estimate of drug-likeness (QED) is 0.473. The lowest BCUT2D eigenvalue weighted by atomic mass is 9.99. The molecule has 1 fully saturated rings. The van der Waals surface area contributed by atoms with Crippen molar-refractivity contribution in [3.05, 3.63) is 28.6 Å². The van der Waals surface area contributed by atoms with E-state index in [1.54, 1.807) is 6.07 Å². The molecule has 0 aliphatic carbocycles. The van der Waals surface area contributed by atoms with Crippen molar-refractivity contribution in [1.29, 1.82) is 0 Å². The van der Waals surface area contributed by atoms with Crippen LogP contribution in [-0.4, -0.2) is 72.0 Å². The molecule has 4 N–H and O–H groups in total. The van der Waals surface area contributed by atoms with Crippen LogP contribution in [0.15, 0.2) is 27.4 Å². The number of hydrogen-bond acceptors (Lipinski definition) is 10. The lowest BCUT2D eigenvalue weighted by molar-refractivity contribution is -0.277. The Hall–Kier alpha value is -2.37. The Morgan fingerprint density at radius 1 is 1.04 bits per heavy atom. The second-order valence-corrected chi connectivity index (χ2v) is 5.93. The molecule has 27 heavy (non-hydrogen) atoms. The molecular weight excluding hydrogens is 364 g/mol. The van der Waals surface area contributed by atoms with Gasteiger partial charge in [0.15, 0.2) is 11.3 Å². The summed E-state index contributed by atoms with van der Waals surface area (Å²) in [4.78, 5) is 11.7. The molecule has 1 aliphatic rings. The molecule has 5 atom stereocenters. The van der Waals surface area contributed by atoms with Crippen molar-refractivity contribution >= 4 is 11.0 Å². The van der Waals surface area contributed by atoms with Crippen LogP contribution in [0.5, 0.6) is 17.2 Å². The van der Waals surface area contributed by atoms with Gasteiger partial charge in [-0.3, -0.25) is 0 Å². The zero-order valence-corrected chi connectivity index (χ0v) is 14.6. The summed E-state index contributed by atoms with van der Waals surface area (Å²) in [6.07, 6.45) is -7.47. The Balaban J connectivity index is 2.09. The third-order valence-electron chi connectivity index (χ3n) is 4.29. The van der Waals surface area contributed by atoms with E-state index in [1.165, 1.54) is 26.4 Å². The zero-order chi connectivity index (χ0) is 19.7. The van der Waals surface area contributed by atoms with E-state index in [9.17, 15) is 25.2 Å². The second kappa shape index (κ2) is 7.71. The van der Waals surface area contributed by atoms with Crippen LogP contribution in [0.3, 0.4) is 0 Å². The molecule has 0 bridgehead atoms. The molecule has 0 radical (unpaired) electrons. The van der Waals surface area contributed by atoms with E-state index in [4.69, 9.17) is 23.4 Å². The summed E-state index contributed by atoms with van der Waals surface area (Å²) >= 11 is 0. The molecule has 10 nitrogen and oxygen atoms in total. The van der Waals surface area contributed by atoms with Crippen molar-refractivity contribution in [2.75, 3.05) is 20.8 Å². The summed E-state index contributed by atoms with van der Waals surface area (Å²) in [7, 11) is 2.74. The van der Waals surface area contributed by atoms with E-state index in [1.807, 2.05) is 0 Å². The van der Waals surface area contributed by atoms with Crippen molar-refractivity contribution in [3.8, 4) is 17.2 Å². The molecule has 0 saturated carbocycles. The highest BCUT2D eigenvalue weighted by Gasteiger charge is 2.45. The van der Waals surface area contributed by atoms with Gasteiger partial charge in [0.25, 0.3) is 0 Å².